The summed E-state index contributed by atoms with van der Waals surface area (Å²) < 4.78 is 30.2. The van der Waals surface area contributed by atoms with Crippen molar-refractivity contribution in [3.05, 3.63) is 30.3 Å². The highest BCUT2D eigenvalue weighted by atomic mass is 32.2. The second-order valence-corrected chi connectivity index (χ2v) is 8.42. The molecule has 21 heavy (non-hydrogen) atoms. The molecule has 0 saturated carbocycles. The summed E-state index contributed by atoms with van der Waals surface area (Å²) in [6, 6.07) is 8.75. The lowest BCUT2D eigenvalue weighted by Gasteiger charge is -2.39. The Hall–Kier alpha value is -0.910. The van der Waals surface area contributed by atoms with Crippen LogP contribution in [-0.2, 0) is 14.6 Å². The third kappa shape index (κ3) is 3.47. The normalized spacial score (nSPS) is 27.2. The molecule has 5 heteroatoms. The van der Waals surface area contributed by atoms with Crippen LogP contribution in [0.15, 0.2) is 35.2 Å². The molecule has 0 amide bonds. The quantitative estimate of drug-likeness (QED) is 0.853. The number of hydrogen-bond acceptors (Lipinski definition) is 4. The average molecular weight is 309 g/mol. The maximum absolute atomic E-state index is 12.3. The minimum atomic E-state index is -3.17. The van der Waals surface area contributed by atoms with Crippen LogP contribution in [0.5, 0.6) is 0 Å². The molecule has 2 aliphatic heterocycles. The molecule has 0 aromatic heterocycles. The second kappa shape index (κ2) is 6.07. The number of benzene rings is 1. The van der Waals surface area contributed by atoms with Crippen LogP contribution in [0.4, 0.5) is 0 Å². The molecule has 0 bridgehead atoms. The molecule has 0 unspecified atom stereocenters. The van der Waals surface area contributed by atoms with Gasteiger partial charge in [0.25, 0.3) is 0 Å². The largest absolute Gasteiger partial charge is 0.381 e. The maximum Gasteiger partial charge on any atom is 0.179 e. The van der Waals surface area contributed by atoms with E-state index in [4.69, 9.17) is 4.74 Å². The third-order valence-electron chi connectivity index (χ3n) is 4.70. The topological polar surface area (TPSA) is 46.6 Å². The van der Waals surface area contributed by atoms with Gasteiger partial charge in [-0.3, -0.25) is 0 Å². The summed E-state index contributed by atoms with van der Waals surface area (Å²) in [6.45, 7) is 4.31. The van der Waals surface area contributed by atoms with Crippen molar-refractivity contribution in [2.75, 3.05) is 38.6 Å². The predicted octanol–water partition coefficient (Wildman–Crippen LogP) is 1.96. The van der Waals surface area contributed by atoms with E-state index in [1.807, 2.05) is 6.07 Å². The van der Waals surface area contributed by atoms with Crippen molar-refractivity contribution < 1.29 is 13.2 Å². The zero-order chi connectivity index (χ0) is 14.8. The fourth-order valence-corrected chi connectivity index (χ4v) is 4.77. The lowest BCUT2D eigenvalue weighted by atomic mass is 9.79. The molecular weight excluding hydrogens is 286 g/mol. The molecule has 2 heterocycles. The Morgan fingerprint density at radius 2 is 2.00 bits per heavy atom. The van der Waals surface area contributed by atoms with Crippen LogP contribution < -0.4 is 0 Å². The van der Waals surface area contributed by atoms with E-state index >= 15 is 0 Å². The lowest BCUT2D eigenvalue weighted by molar-refractivity contribution is 0.0720. The Balaban J connectivity index is 1.60. The average Bonchev–Trinajstić information content (AvgIpc) is 2.94. The van der Waals surface area contributed by atoms with Gasteiger partial charge in [0.05, 0.1) is 17.3 Å². The van der Waals surface area contributed by atoms with Crippen LogP contribution in [0.25, 0.3) is 0 Å². The zero-order valence-electron chi connectivity index (χ0n) is 12.3. The number of ether oxygens (including phenoxy) is 1. The van der Waals surface area contributed by atoms with Gasteiger partial charge in [-0.25, -0.2) is 8.42 Å². The van der Waals surface area contributed by atoms with Gasteiger partial charge in [-0.1, -0.05) is 18.2 Å². The first-order chi connectivity index (χ1) is 10.1. The monoisotopic (exact) mass is 309 g/mol. The first-order valence-corrected chi connectivity index (χ1v) is 9.33. The van der Waals surface area contributed by atoms with Crippen LogP contribution in [0, 0.1) is 5.41 Å². The van der Waals surface area contributed by atoms with Crippen molar-refractivity contribution in [2.24, 2.45) is 5.41 Å². The van der Waals surface area contributed by atoms with Crippen LogP contribution in [0.2, 0.25) is 0 Å². The summed E-state index contributed by atoms with van der Waals surface area (Å²) in [5.41, 5.74) is 0.286. The molecule has 1 spiro atoms. The minimum Gasteiger partial charge on any atom is -0.381 e. The summed E-state index contributed by atoms with van der Waals surface area (Å²) in [6.07, 6.45) is 3.48. The number of rotatable bonds is 4. The Bertz CT molecular complexity index is 564. The van der Waals surface area contributed by atoms with Gasteiger partial charge in [-0.05, 0) is 37.9 Å². The van der Waals surface area contributed by atoms with E-state index in [0.717, 1.165) is 39.1 Å². The molecule has 2 fully saturated rings. The summed E-state index contributed by atoms with van der Waals surface area (Å²) in [5, 5.41) is 0. The number of hydrogen-bond donors (Lipinski definition) is 0. The zero-order valence-corrected chi connectivity index (χ0v) is 13.1. The van der Waals surface area contributed by atoms with Gasteiger partial charge in [0.1, 0.15) is 0 Å². The molecule has 2 saturated heterocycles. The molecule has 0 radical (unpaired) electrons. The van der Waals surface area contributed by atoms with Crippen LogP contribution in [0.3, 0.4) is 0 Å². The van der Waals surface area contributed by atoms with E-state index in [1.165, 1.54) is 6.42 Å². The first-order valence-electron chi connectivity index (χ1n) is 7.68. The number of piperidine rings is 1. The Morgan fingerprint density at radius 1 is 1.19 bits per heavy atom. The standard InChI is InChI=1S/C16H23NO3S/c18-21(19,15-5-2-1-3-6-15)12-10-17-9-4-7-16(13-17)8-11-20-14-16/h1-3,5-6H,4,7-14H2/t16-/m1/s1. The Kier molecular flexibility index (Phi) is 4.33. The van der Waals surface area contributed by atoms with Gasteiger partial charge in [0.2, 0.25) is 0 Å². The van der Waals surface area contributed by atoms with Gasteiger partial charge in [-0.15, -0.1) is 0 Å². The number of likely N-dealkylation sites (tertiary alicyclic amines) is 1. The van der Waals surface area contributed by atoms with Crippen molar-refractivity contribution in [3.63, 3.8) is 0 Å². The van der Waals surface area contributed by atoms with E-state index in [0.29, 0.717) is 11.4 Å². The molecule has 0 aliphatic carbocycles. The molecule has 2 aliphatic rings. The first kappa shape index (κ1) is 15.0. The highest BCUT2D eigenvalue weighted by Crippen LogP contribution is 2.37. The van der Waals surface area contributed by atoms with Crippen LogP contribution in [-0.4, -0.2) is 51.9 Å². The van der Waals surface area contributed by atoms with Crippen molar-refractivity contribution in [1.29, 1.82) is 0 Å². The molecule has 1 atom stereocenters. The second-order valence-electron chi connectivity index (χ2n) is 6.31. The van der Waals surface area contributed by atoms with Gasteiger partial charge < -0.3 is 9.64 Å². The van der Waals surface area contributed by atoms with Crippen molar-refractivity contribution in [2.45, 2.75) is 24.2 Å². The Morgan fingerprint density at radius 3 is 2.71 bits per heavy atom. The molecule has 0 N–H and O–H groups in total. The third-order valence-corrected chi connectivity index (χ3v) is 6.41. The van der Waals surface area contributed by atoms with Gasteiger partial charge in [0.15, 0.2) is 9.84 Å². The lowest BCUT2D eigenvalue weighted by Crippen LogP contribution is -2.45. The highest BCUT2D eigenvalue weighted by Gasteiger charge is 2.38. The SMILES string of the molecule is O=S(=O)(CCN1CCC[C@@]2(CCOC2)C1)c1ccccc1. The molecule has 1 aromatic carbocycles. The van der Waals surface area contributed by atoms with Gasteiger partial charge in [0, 0.05) is 25.1 Å². The van der Waals surface area contributed by atoms with Crippen molar-refractivity contribution in [3.8, 4) is 0 Å². The molecule has 116 valence electrons. The summed E-state index contributed by atoms with van der Waals surface area (Å²) in [5.74, 6) is 0.202. The molecule has 3 rings (SSSR count). The molecular formula is C16H23NO3S. The van der Waals surface area contributed by atoms with Crippen molar-refractivity contribution >= 4 is 9.84 Å². The smallest absolute Gasteiger partial charge is 0.179 e. The van der Waals surface area contributed by atoms with Crippen molar-refractivity contribution in [1.82, 2.24) is 4.90 Å². The van der Waals surface area contributed by atoms with Gasteiger partial charge in [-0.2, -0.15) is 0 Å². The molecule has 1 aromatic rings. The van der Waals surface area contributed by atoms with E-state index < -0.39 is 9.84 Å². The maximum atomic E-state index is 12.3. The highest BCUT2D eigenvalue weighted by molar-refractivity contribution is 7.91. The summed E-state index contributed by atoms with van der Waals surface area (Å²) >= 11 is 0. The van der Waals surface area contributed by atoms with E-state index in [2.05, 4.69) is 4.90 Å². The van der Waals surface area contributed by atoms with Crippen LogP contribution in [0.1, 0.15) is 19.3 Å². The number of sulfone groups is 1. The fraction of sp³-hybridized carbons (Fsp3) is 0.625. The number of nitrogens with zero attached hydrogens (tertiary/aromatic N) is 1. The summed E-state index contributed by atoms with van der Waals surface area (Å²) in [7, 11) is -3.17. The Labute approximate surface area is 127 Å². The van der Waals surface area contributed by atoms with E-state index in [9.17, 15) is 8.42 Å². The van der Waals surface area contributed by atoms with Gasteiger partial charge >= 0.3 is 0 Å². The van der Waals surface area contributed by atoms with E-state index in [1.54, 1.807) is 24.3 Å². The minimum absolute atomic E-state index is 0.202. The van der Waals surface area contributed by atoms with Crippen LogP contribution >= 0.6 is 0 Å². The predicted molar refractivity (Wildman–Crippen MR) is 82.0 cm³/mol. The molecule has 4 nitrogen and oxygen atoms in total. The fourth-order valence-electron chi connectivity index (χ4n) is 3.47. The summed E-state index contributed by atoms with van der Waals surface area (Å²) in [4.78, 5) is 2.74. The van der Waals surface area contributed by atoms with E-state index in [-0.39, 0.29) is 11.2 Å².